The van der Waals surface area contributed by atoms with E-state index in [0.29, 0.717) is 41.9 Å². The highest BCUT2D eigenvalue weighted by Gasteiger charge is 2.43. The Morgan fingerprint density at radius 1 is 1.02 bits per heavy atom. The van der Waals surface area contributed by atoms with Crippen molar-refractivity contribution in [1.29, 1.82) is 5.41 Å². The molecule has 2 atom stereocenters. The van der Waals surface area contributed by atoms with Gasteiger partial charge in [-0.05, 0) is 106 Å². The van der Waals surface area contributed by atoms with Gasteiger partial charge in [-0.3, -0.25) is 24.9 Å². The molecule has 0 bridgehead atoms. The number of halogens is 1. The van der Waals surface area contributed by atoms with E-state index < -0.39 is 12.0 Å². The van der Waals surface area contributed by atoms with Crippen LogP contribution in [0.4, 0.5) is 11.4 Å². The van der Waals surface area contributed by atoms with Crippen LogP contribution in [-0.4, -0.2) is 108 Å². The molecular weight excluding hydrogens is 676 g/mol. The van der Waals surface area contributed by atoms with E-state index in [1.54, 1.807) is 11.0 Å². The van der Waals surface area contributed by atoms with E-state index in [2.05, 4.69) is 41.8 Å². The van der Waals surface area contributed by atoms with Gasteiger partial charge in [0.1, 0.15) is 17.4 Å². The molecule has 0 spiro atoms. The number of hydrogen-bond donors (Lipinski definition) is 3. The van der Waals surface area contributed by atoms with Crippen molar-refractivity contribution in [1.82, 2.24) is 14.7 Å². The second-order valence-corrected chi connectivity index (χ2v) is 16.4. The van der Waals surface area contributed by atoms with E-state index in [1.807, 2.05) is 37.9 Å². The van der Waals surface area contributed by atoms with Crippen molar-refractivity contribution in [2.75, 3.05) is 57.8 Å². The quantitative estimate of drug-likeness (QED) is 0.112. The van der Waals surface area contributed by atoms with Crippen molar-refractivity contribution in [3.8, 4) is 0 Å². The number of aldehydes is 1. The number of aliphatic imine (C=N–C) groups is 1. The van der Waals surface area contributed by atoms with Gasteiger partial charge in [-0.15, -0.1) is 0 Å². The first kappa shape index (κ1) is 38.0. The van der Waals surface area contributed by atoms with E-state index in [1.165, 1.54) is 17.2 Å². The number of benzene rings is 2. The van der Waals surface area contributed by atoms with Gasteiger partial charge in [-0.25, -0.2) is 0 Å². The molecule has 6 rings (SSSR count). The fraction of sp³-hybridized carbons (Fsp3) is 0.561. The lowest BCUT2D eigenvalue weighted by Gasteiger charge is -2.38. The summed E-state index contributed by atoms with van der Waals surface area (Å²) < 4.78 is 0. The molecule has 0 aromatic heterocycles. The van der Waals surface area contributed by atoms with Crippen LogP contribution < -0.4 is 4.90 Å². The standard InChI is InChI=1S/C41H55ClN6O4/c1-26(2)38(39(52)47-20-15-30(50)24-47)36(51)22-37(43)46-18-11-27(12-19-46)23-45-16-13-28(14-17-45)29-9-10-35-32(21-29)41(3,4)40(44-5)48(35)34-8-6-7-33(42)31(34)25-49/h6-10,21-22,25-28,30,38,43,50-51H,11-20,23-24H2,1-5H3/b36-22-,43-37?,44-40?/t30?,38-/m1/s1. The van der Waals surface area contributed by atoms with Gasteiger partial charge in [0, 0.05) is 51.3 Å². The van der Waals surface area contributed by atoms with Crippen LogP contribution in [0, 0.1) is 23.2 Å². The Bertz CT molecular complexity index is 1720. The highest BCUT2D eigenvalue weighted by molar-refractivity contribution is 6.34. The maximum Gasteiger partial charge on any atom is 0.233 e. The van der Waals surface area contributed by atoms with E-state index in [-0.39, 0.29) is 28.8 Å². The van der Waals surface area contributed by atoms with Gasteiger partial charge in [0.25, 0.3) is 0 Å². The zero-order valence-electron chi connectivity index (χ0n) is 31.3. The molecule has 4 aliphatic heterocycles. The molecule has 4 heterocycles. The van der Waals surface area contributed by atoms with Gasteiger partial charge >= 0.3 is 0 Å². The van der Waals surface area contributed by atoms with Gasteiger partial charge in [0.05, 0.1) is 34.0 Å². The van der Waals surface area contributed by atoms with Crippen molar-refractivity contribution in [3.05, 3.63) is 69.9 Å². The largest absolute Gasteiger partial charge is 0.511 e. The number of β-amino-alcohol motifs (C(OH)–C–C–N with tert-alkyl or cyclic N) is 1. The van der Waals surface area contributed by atoms with E-state index in [0.717, 1.165) is 81.9 Å². The summed E-state index contributed by atoms with van der Waals surface area (Å²) in [5.74, 6) is 1.12. The number of nitrogens with one attached hydrogen (secondary N) is 1. The van der Waals surface area contributed by atoms with Crippen molar-refractivity contribution in [2.45, 2.75) is 77.2 Å². The fourth-order valence-corrected chi connectivity index (χ4v) is 9.08. The van der Waals surface area contributed by atoms with Crippen LogP contribution in [-0.2, 0) is 10.2 Å². The molecule has 1 amide bonds. The van der Waals surface area contributed by atoms with Crippen LogP contribution in [0.2, 0.25) is 5.02 Å². The zero-order chi connectivity index (χ0) is 37.3. The van der Waals surface area contributed by atoms with E-state index in [9.17, 15) is 19.8 Å². The first-order chi connectivity index (χ1) is 24.8. The van der Waals surface area contributed by atoms with Gasteiger partial charge < -0.3 is 24.9 Å². The summed E-state index contributed by atoms with van der Waals surface area (Å²) >= 11 is 6.44. The normalized spacial score (nSPS) is 23.1. The topological polar surface area (TPSA) is 124 Å². The summed E-state index contributed by atoms with van der Waals surface area (Å²) in [6.07, 6.45) is 6.52. The Morgan fingerprint density at radius 3 is 2.33 bits per heavy atom. The second-order valence-electron chi connectivity index (χ2n) is 16.0. The first-order valence-electron chi connectivity index (χ1n) is 18.9. The molecule has 280 valence electrons. The lowest BCUT2D eigenvalue weighted by atomic mass is 9.81. The maximum atomic E-state index is 13.2. The van der Waals surface area contributed by atoms with Crippen LogP contribution in [0.15, 0.2) is 53.2 Å². The Balaban J connectivity index is 1.03. The molecular formula is C41H55ClN6O4. The van der Waals surface area contributed by atoms with Gasteiger partial charge in [0.15, 0.2) is 6.29 Å². The van der Waals surface area contributed by atoms with Gasteiger partial charge in [0.2, 0.25) is 5.91 Å². The molecule has 3 fully saturated rings. The summed E-state index contributed by atoms with van der Waals surface area (Å²) in [7, 11) is 1.81. The lowest BCUT2D eigenvalue weighted by Crippen LogP contribution is -2.43. The molecule has 4 aliphatic rings. The van der Waals surface area contributed by atoms with Crippen LogP contribution in [0.25, 0.3) is 0 Å². The smallest absolute Gasteiger partial charge is 0.233 e. The van der Waals surface area contributed by atoms with Crippen LogP contribution in [0.3, 0.4) is 0 Å². The third kappa shape index (κ3) is 7.52. The van der Waals surface area contributed by atoms with E-state index >= 15 is 0 Å². The summed E-state index contributed by atoms with van der Waals surface area (Å²) in [5, 5.41) is 30.0. The second kappa shape index (κ2) is 15.7. The summed E-state index contributed by atoms with van der Waals surface area (Å²) in [6, 6.07) is 12.3. The number of likely N-dealkylation sites (tertiary alicyclic amines) is 3. The molecule has 10 nitrogen and oxygen atoms in total. The van der Waals surface area contributed by atoms with Crippen molar-refractivity contribution in [3.63, 3.8) is 0 Å². The van der Waals surface area contributed by atoms with Crippen molar-refractivity contribution >= 4 is 46.8 Å². The third-order valence-electron chi connectivity index (χ3n) is 11.8. The molecule has 0 radical (unpaired) electrons. The van der Waals surface area contributed by atoms with Gasteiger partial charge in [-0.2, -0.15) is 0 Å². The Morgan fingerprint density at radius 2 is 1.71 bits per heavy atom. The van der Waals surface area contributed by atoms with E-state index in [4.69, 9.17) is 22.0 Å². The van der Waals surface area contributed by atoms with Crippen molar-refractivity contribution < 1.29 is 19.8 Å². The Kier molecular flexibility index (Phi) is 11.5. The predicted molar refractivity (Wildman–Crippen MR) is 208 cm³/mol. The molecule has 0 saturated carbocycles. The number of aliphatic hydroxyl groups is 2. The first-order valence-corrected chi connectivity index (χ1v) is 19.3. The molecule has 1 unspecified atom stereocenters. The Hall–Kier alpha value is -3.73. The highest BCUT2D eigenvalue weighted by atomic mass is 35.5. The number of anilines is 2. The van der Waals surface area contributed by atoms with Crippen LogP contribution in [0.5, 0.6) is 0 Å². The Labute approximate surface area is 313 Å². The monoisotopic (exact) mass is 730 g/mol. The summed E-state index contributed by atoms with van der Waals surface area (Å²) in [6.45, 7) is 13.7. The minimum Gasteiger partial charge on any atom is -0.511 e. The summed E-state index contributed by atoms with van der Waals surface area (Å²) in [5.41, 5.74) is 4.48. The number of aliphatic hydroxyl groups excluding tert-OH is 2. The average Bonchev–Trinajstić information content (AvgIpc) is 3.65. The number of fused-ring (bicyclic) bond motifs is 1. The molecule has 3 saturated heterocycles. The minimum absolute atomic E-state index is 0.0623. The molecule has 11 heteroatoms. The van der Waals surface area contributed by atoms with Gasteiger partial charge in [-0.1, -0.05) is 43.6 Å². The zero-order valence-corrected chi connectivity index (χ0v) is 32.1. The average molecular weight is 731 g/mol. The SMILES string of the molecule is CN=C1N(c2cccc(Cl)c2C=O)c2ccc(C3CCN(CC4CCN(C(=N)/C=C(\O)[C@H](C(=O)N5CCC(O)C5)C(C)C)CC4)CC3)cc2C1(C)C. The molecule has 2 aromatic rings. The lowest BCUT2D eigenvalue weighted by molar-refractivity contribution is -0.135. The molecule has 52 heavy (non-hydrogen) atoms. The number of rotatable bonds is 9. The number of nitrogens with zero attached hydrogens (tertiary/aromatic N) is 5. The predicted octanol–water partition coefficient (Wildman–Crippen LogP) is 6.79. The summed E-state index contributed by atoms with van der Waals surface area (Å²) in [4.78, 5) is 38.3. The van der Waals surface area contributed by atoms with Crippen LogP contribution >= 0.6 is 11.6 Å². The molecule has 3 N–H and O–H groups in total. The maximum absolute atomic E-state index is 13.2. The fourth-order valence-electron chi connectivity index (χ4n) is 8.86. The number of carbonyl (C=O) groups excluding carboxylic acids is 2. The molecule has 2 aromatic carbocycles. The highest BCUT2D eigenvalue weighted by Crippen LogP contribution is 2.48. The number of amidine groups is 2. The molecule has 0 aliphatic carbocycles. The number of carbonyl (C=O) groups is 2. The number of hydrogen-bond acceptors (Lipinski definition) is 7. The minimum atomic E-state index is -0.711. The van der Waals surface area contributed by atoms with Crippen molar-refractivity contribution in [2.24, 2.45) is 22.7 Å². The third-order valence-corrected chi connectivity index (χ3v) is 12.2. The number of amides is 1. The van der Waals surface area contributed by atoms with Crippen LogP contribution in [0.1, 0.15) is 87.2 Å². The number of piperidine rings is 2.